The van der Waals surface area contributed by atoms with Gasteiger partial charge in [0.25, 0.3) is 0 Å². The van der Waals surface area contributed by atoms with Gasteiger partial charge in [-0.05, 0) is 13.8 Å². The van der Waals surface area contributed by atoms with E-state index in [4.69, 9.17) is 5.73 Å². The van der Waals surface area contributed by atoms with Crippen molar-refractivity contribution >= 4 is 0 Å². The van der Waals surface area contributed by atoms with Gasteiger partial charge in [-0.25, -0.2) is 0 Å². The van der Waals surface area contributed by atoms with Crippen LogP contribution in [0.3, 0.4) is 0 Å². The molecule has 1 atom stereocenters. The maximum Gasteiger partial charge on any atom is 0.0537 e. The zero-order chi connectivity index (χ0) is 12.1. The molecule has 0 saturated heterocycles. The summed E-state index contributed by atoms with van der Waals surface area (Å²) in [6, 6.07) is 0.483. The highest BCUT2D eigenvalue weighted by Gasteiger charge is 2.14. The molecule has 0 aliphatic rings. The fraction of sp³-hybridized carbons (Fsp3) is 0.583. The minimum atomic E-state index is 0.0102. The zero-order valence-electron chi connectivity index (χ0n) is 10.4. The minimum Gasteiger partial charge on any atom is -0.323 e. The van der Waals surface area contributed by atoms with Crippen molar-refractivity contribution in [3.05, 3.63) is 30.6 Å². The summed E-state index contributed by atoms with van der Waals surface area (Å²) in [5.74, 6) is 0. The molecule has 1 aromatic rings. The normalized spacial score (nSPS) is 13.4. The first-order chi connectivity index (χ1) is 7.54. The van der Waals surface area contributed by atoms with Crippen LogP contribution < -0.4 is 5.73 Å². The first-order valence-corrected chi connectivity index (χ1v) is 5.63. The molecule has 0 amide bonds. The van der Waals surface area contributed by atoms with Crippen LogP contribution in [-0.4, -0.2) is 33.8 Å². The first kappa shape index (κ1) is 12.9. The molecule has 1 rings (SSSR count). The van der Waals surface area contributed by atoms with Gasteiger partial charge in [-0.1, -0.05) is 6.08 Å². The van der Waals surface area contributed by atoms with E-state index in [-0.39, 0.29) is 6.04 Å². The number of rotatable bonds is 6. The Balaban J connectivity index is 2.60. The van der Waals surface area contributed by atoms with E-state index in [1.54, 1.807) is 4.68 Å². The summed E-state index contributed by atoms with van der Waals surface area (Å²) in [4.78, 5) is 2.30. The Kier molecular flexibility index (Phi) is 4.71. The molecule has 0 aromatic carbocycles. The van der Waals surface area contributed by atoms with Gasteiger partial charge in [-0.3, -0.25) is 9.58 Å². The standard InChI is InChI=1S/C12H22N4/c1-5-6-16(10(2)3)9-12(13)11-7-14-15(4)8-11/h5,7-8,10,12H,1,6,9,13H2,2-4H3. The second-order valence-corrected chi connectivity index (χ2v) is 4.39. The zero-order valence-corrected chi connectivity index (χ0v) is 10.4. The number of nitrogens with zero attached hydrogens (tertiary/aromatic N) is 3. The van der Waals surface area contributed by atoms with Crippen molar-refractivity contribution in [2.24, 2.45) is 12.8 Å². The van der Waals surface area contributed by atoms with E-state index in [0.717, 1.165) is 18.7 Å². The van der Waals surface area contributed by atoms with Crippen LogP contribution in [0.4, 0.5) is 0 Å². The van der Waals surface area contributed by atoms with Gasteiger partial charge in [-0.2, -0.15) is 5.10 Å². The van der Waals surface area contributed by atoms with Crippen LogP contribution in [0, 0.1) is 0 Å². The van der Waals surface area contributed by atoms with Gasteiger partial charge in [0.15, 0.2) is 0 Å². The Hall–Kier alpha value is -1.13. The molecule has 0 aliphatic heterocycles. The SMILES string of the molecule is C=CCN(CC(N)c1cnn(C)c1)C(C)C. The van der Waals surface area contributed by atoms with Gasteiger partial charge in [0.05, 0.1) is 6.20 Å². The van der Waals surface area contributed by atoms with Crippen LogP contribution in [-0.2, 0) is 7.05 Å². The highest BCUT2D eigenvalue weighted by atomic mass is 15.2. The summed E-state index contributed by atoms with van der Waals surface area (Å²) in [6.07, 6.45) is 5.71. The van der Waals surface area contributed by atoms with E-state index in [1.807, 2.05) is 25.5 Å². The van der Waals surface area contributed by atoms with Crippen molar-refractivity contribution < 1.29 is 0 Å². The van der Waals surface area contributed by atoms with Gasteiger partial charge in [0.2, 0.25) is 0 Å². The maximum absolute atomic E-state index is 6.15. The summed E-state index contributed by atoms with van der Waals surface area (Å²) in [5.41, 5.74) is 7.23. The van der Waals surface area contributed by atoms with E-state index in [0.29, 0.717) is 6.04 Å². The Bertz CT molecular complexity index is 330. The van der Waals surface area contributed by atoms with Gasteiger partial charge in [-0.15, -0.1) is 6.58 Å². The quantitative estimate of drug-likeness (QED) is 0.738. The number of aryl methyl sites for hydroxylation is 1. The molecule has 1 heterocycles. The van der Waals surface area contributed by atoms with Crippen LogP contribution >= 0.6 is 0 Å². The number of hydrogen-bond donors (Lipinski definition) is 1. The van der Waals surface area contributed by atoms with Gasteiger partial charge in [0, 0.05) is 44.0 Å². The Morgan fingerprint density at radius 2 is 2.31 bits per heavy atom. The fourth-order valence-electron chi connectivity index (χ4n) is 1.65. The largest absolute Gasteiger partial charge is 0.323 e. The van der Waals surface area contributed by atoms with Crippen molar-refractivity contribution in [2.75, 3.05) is 13.1 Å². The van der Waals surface area contributed by atoms with Crippen molar-refractivity contribution in [3.8, 4) is 0 Å². The summed E-state index contributed by atoms with van der Waals surface area (Å²) >= 11 is 0. The second-order valence-electron chi connectivity index (χ2n) is 4.39. The second kappa shape index (κ2) is 5.82. The smallest absolute Gasteiger partial charge is 0.0537 e. The molecule has 4 nitrogen and oxygen atoms in total. The van der Waals surface area contributed by atoms with Gasteiger partial charge >= 0.3 is 0 Å². The van der Waals surface area contributed by atoms with Crippen LogP contribution in [0.2, 0.25) is 0 Å². The summed E-state index contributed by atoms with van der Waals surface area (Å²) in [5, 5.41) is 4.13. The Labute approximate surface area is 97.7 Å². The third kappa shape index (κ3) is 3.47. The van der Waals surface area contributed by atoms with Gasteiger partial charge < -0.3 is 5.73 Å². The van der Waals surface area contributed by atoms with Crippen LogP contribution in [0.1, 0.15) is 25.5 Å². The predicted molar refractivity (Wildman–Crippen MR) is 67.0 cm³/mol. The molecule has 0 radical (unpaired) electrons. The van der Waals surface area contributed by atoms with Crippen LogP contribution in [0.15, 0.2) is 25.0 Å². The molecule has 4 heteroatoms. The number of nitrogens with two attached hydrogens (primary N) is 1. The average molecular weight is 222 g/mol. The third-order valence-electron chi connectivity index (χ3n) is 2.68. The molecule has 0 bridgehead atoms. The lowest BCUT2D eigenvalue weighted by Gasteiger charge is -2.27. The molecule has 1 aromatic heterocycles. The molecule has 90 valence electrons. The van der Waals surface area contributed by atoms with E-state index < -0.39 is 0 Å². The highest BCUT2D eigenvalue weighted by Crippen LogP contribution is 2.12. The Morgan fingerprint density at radius 1 is 1.62 bits per heavy atom. The topological polar surface area (TPSA) is 47.1 Å². The van der Waals surface area contributed by atoms with E-state index >= 15 is 0 Å². The molecular formula is C12H22N4. The molecule has 1 unspecified atom stereocenters. The highest BCUT2D eigenvalue weighted by molar-refractivity contribution is 5.10. The minimum absolute atomic E-state index is 0.0102. The molecule has 0 fully saturated rings. The van der Waals surface area contributed by atoms with E-state index in [9.17, 15) is 0 Å². The van der Waals surface area contributed by atoms with Crippen molar-refractivity contribution in [1.29, 1.82) is 0 Å². The Morgan fingerprint density at radius 3 is 2.75 bits per heavy atom. The summed E-state index contributed by atoms with van der Waals surface area (Å²) in [7, 11) is 1.90. The van der Waals surface area contributed by atoms with Crippen LogP contribution in [0.5, 0.6) is 0 Å². The monoisotopic (exact) mass is 222 g/mol. The molecule has 0 aliphatic carbocycles. The maximum atomic E-state index is 6.15. The van der Waals surface area contributed by atoms with Crippen molar-refractivity contribution in [3.63, 3.8) is 0 Å². The average Bonchev–Trinajstić information content (AvgIpc) is 2.64. The number of aromatic nitrogens is 2. The van der Waals surface area contributed by atoms with E-state index in [2.05, 4.69) is 30.4 Å². The van der Waals surface area contributed by atoms with Gasteiger partial charge in [0.1, 0.15) is 0 Å². The third-order valence-corrected chi connectivity index (χ3v) is 2.68. The molecule has 16 heavy (non-hydrogen) atoms. The molecule has 2 N–H and O–H groups in total. The lowest BCUT2D eigenvalue weighted by atomic mass is 10.1. The lowest BCUT2D eigenvalue weighted by Crippen LogP contribution is -2.37. The predicted octanol–water partition coefficient (Wildman–Crippen LogP) is 1.32. The molecular weight excluding hydrogens is 200 g/mol. The summed E-state index contributed by atoms with van der Waals surface area (Å²) < 4.78 is 1.78. The fourth-order valence-corrected chi connectivity index (χ4v) is 1.65. The first-order valence-electron chi connectivity index (χ1n) is 5.63. The van der Waals surface area contributed by atoms with E-state index in [1.165, 1.54) is 0 Å². The molecule has 0 saturated carbocycles. The van der Waals surface area contributed by atoms with Crippen molar-refractivity contribution in [1.82, 2.24) is 14.7 Å². The lowest BCUT2D eigenvalue weighted by molar-refractivity contribution is 0.231. The van der Waals surface area contributed by atoms with Crippen LogP contribution in [0.25, 0.3) is 0 Å². The number of hydrogen-bond acceptors (Lipinski definition) is 3. The summed E-state index contributed by atoms with van der Waals surface area (Å²) in [6.45, 7) is 9.80. The molecule has 0 spiro atoms. The van der Waals surface area contributed by atoms with Crippen molar-refractivity contribution in [2.45, 2.75) is 25.9 Å².